The Kier molecular flexibility index (Phi) is 1.89. The summed E-state index contributed by atoms with van der Waals surface area (Å²) in [5.74, 6) is -0.936. The second-order valence-electron chi connectivity index (χ2n) is 1.78. The molecular weight excluding hydrogens is 130 g/mol. The van der Waals surface area contributed by atoms with Crippen LogP contribution in [0.2, 0.25) is 0 Å². The van der Waals surface area contributed by atoms with Gasteiger partial charge in [-0.15, -0.1) is 0 Å². The molecule has 0 bridgehead atoms. The Morgan fingerprint density at radius 2 is 2.00 bits per heavy atom. The molecule has 3 nitrogen and oxygen atoms in total. The van der Waals surface area contributed by atoms with E-state index >= 15 is 0 Å². The Labute approximate surface area is 58.2 Å². The molecule has 0 amide bonds. The standard InChI is InChI=1S/C7H7NO2/c9-7(10)3-6-8-4-1-2-5-8/h1-6H,(H,9,10)/b6-3-. The molecule has 1 rings (SSSR count). The molecule has 0 atom stereocenters. The summed E-state index contributed by atoms with van der Waals surface area (Å²) in [6.07, 6.45) is 6.08. The predicted octanol–water partition coefficient (Wildman–Crippen LogP) is 1.04. The lowest BCUT2D eigenvalue weighted by molar-refractivity contribution is -0.131. The fourth-order valence-corrected chi connectivity index (χ4v) is 0.597. The van der Waals surface area contributed by atoms with Crippen LogP contribution in [0.5, 0.6) is 0 Å². The number of hydrogen-bond donors (Lipinski definition) is 1. The maximum atomic E-state index is 9.99. The van der Waals surface area contributed by atoms with Crippen molar-refractivity contribution in [3.05, 3.63) is 30.6 Å². The minimum absolute atomic E-state index is 0.936. The van der Waals surface area contributed by atoms with E-state index in [1.165, 1.54) is 6.20 Å². The highest BCUT2D eigenvalue weighted by Gasteiger charge is 1.84. The highest BCUT2D eigenvalue weighted by Crippen LogP contribution is 1.89. The summed E-state index contributed by atoms with van der Waals surface area (Å²) >= 11 is 0. The summed E-state index contributed by atoms with van der Waals surface area (Å²) in [5.41, 5.74) is 0. The van der Waals surface area contributed by atoms with E-state index in [2.05, 4.69) is 0 Å². The number of nitrogens with zero attached hydrogens (tertiary/aromatic N) is 1. The first-order chi connectivity index (χ1) is 4.79. The van der Waals surface area contributed by atoms with Gasteiger partial charge in [-0.25, -0.2) is 4.79 Å². The molecule has 0 saturated heterocycles. The van der Waals surface area contributed by atoms with E-state index in [4.69, 9.17) is 5.11 Å². The first-order valence-electron chi connectivity index (χ1n) is 2.82. The van der Waals surface area contributed by atoms with Crippen LogP contribution in [-0.4, -0.2) is 15.6 Å². The average Bonchev–Trinajstić information content (AvgIpc) is 2.34. The van der Waals surface area contributed by atoms with Crippen LogP contribution < -0.4 is 0 Å². The molecule has 0 aliphatic rings. The number of aromatic nitrogens is 1. The molecule has 0 unspecified atom stereocenters. The summed E-state index contributed by atoms with van der Waals surface area (Å²) < 4.78 is 1.66. The van der Waals surface area contributed by atoms with Crippen molar-refractivity contribution in [1.29, 1.82) is 0 Å². The number of carboxylic acid groups (broad SMARTS) is 1. The zero-order valence-electron chi connectivity index (χ0n) is 5.27. The fourth-order valence-electron chi connectivity index (χ4n) is 0.597. The molecular formula is C7H7NO2. The molecule has 1 aromatic rings. The summed E-state index contributed by atoms with van der Waals surface area (Å²) in [6, 6.07) is 3.65. The SMILES string of the molecule is O=C(O)/C=C\n1cccc1. The zero-order valence-corrected chi connectivity index (χ0v) is 5.27. The van der Waals surface area contributed by atoms with Crippen LogP contribution in [0.15, 0.2) is 30.6 Å². The third-order valence-corrected chi connectivity index (χ3v) is 1.02. The lowest BCUT2D eigenvalue weighted by Crippen LogP contribution is -1.87. The second kappa shape index (κ2) is 2.87. The Bertz CT molecular complexity index is 236. The number of rotatable bonds is 2. The van der Waals surface area contributed by atoms with Gasteiger partial charge in [0.15, 0.2) is 0 Å². The van der Waals surface area contributed by atoms with Crippen molar-refractivity contribution in [2.75, 3.05) is 0 Å². The van der Waals surface area contributed by atoms with E-state index in [1.807, 2.05) is 12.1 Å². The maximum absolute atomic E-state index is 9.99. The summed E-state index contributed by atoms with van der Waals surface area (Å²) in [4.78, 5) is 9.99. The molecule has 10 heavy (non-hydrogen) atoms. The van der Waals surface area contributed by atoms with Gasteiger partial charge in [0.05, 0.1) is 0 Å². The molecule has 0 aliphatic carbocycles. The van der Waals surface area contributed by atoms with Crippen LogP contribution in [0.4, 0.5) is 0 Å². The second-order valence-corrected chi connectivity index (χ2v) is 1.78. The lowest BCUT2D eigenvalue weighted by Gasteiger charge is -1.86. The zero-order chi connectivity index (χ0) is 7.40. The highest BCUT2D eigenvalue weighted by molar-refractivity contribution is 5.82. The third kappa shape index (κ3) is 1.78. The molecule has 0 spiro atoms. The van der Waals surface area contributed by atoms with Crippen molar-refractivity contribution < 1.29 is 9.90 Å². The lowest BCUT2D eigenvalue weighted by atomic mass is 10.6. The van der Waals surface area contributed by atoms with Gasteiger partial charge < -0.3 is 9.67 Å². The van der Waals surface area contributed by atoms with E-state index in [0.717, 1.165) is 6.08 Å². The van der Waals surface area contributed by atoms with E-state index in [0.29, 0.717) is 0 Å². The topological polar surface area (TPSA) is 42.2 Å². The van der Waals surface area contributed by atoms with Gasteiger partial charge in [-0.2, -0.15) is 0 Å². The normalized spacial score (nSPS) is 10.4. The third-order valence-electron chi connectivity index (χ3n) is 1.02. The van der Waals surface area contributed by atoms with Crippen LogP contribution >= 0.6 is 0 Å². The summed E-state index contributed by atoms with van der Waals surface area (Å²) in [6.45, 7) is 0. The molecule has 0 saturated carbocycles. The van der Waals surface area contributed by atoms with Gasteiger partial charge in [-0.1, -0.05) is 0 Å². The van der Waals surface area contributed by atoms with Gasteiger partial charge in [-0.05, 0) is 12.1 Å². The Hall–Kier alpha value is -1.51. The molecule has 52 valence electrons. The van der Waals surface area contributed by atoms with Crippen molar-refractivity contribution in [1.82, 2.24) is 4.57 Å². The molecule has 1 N–H and O–H groups in total. The van der Waals surface area contributed by atoms with Gasteiger partial charge in [0.1, 0.15) is 0 Å². The first kappa shape index (κ1) is 6.61. The largest absolute Gasteiger partial charge is 0.478 e. The molecule has 0 fully saturated rings. The average molecular weight is 137 g/mol. The number of carboxylic acids is 1. The van der Waals surface area contributed by atoms with Gasteiger partial charge in [-0.3, -0.25) is 0 Å². The smallest absolute Gasteiger partial charge is 0.329 e. The van der Waals surface area contributed by atoms with E-state index in [9.17, 15) is 4.79 Å². The number of carbonyl (C=O) groups is 1. The van der Waals surface area contributed by atoms with Crippen LogP contribution in [0.3, 0.4) is 0 Å². The van der Waals surface area contributed by atoms with Gasteiger partial charge in [0.25, 0.3) is 0 Å². The van der Waals surface area contributed by atoms with Gasteiger partial charge in [0.2, 0.25) is 0 Å². The van der Waals surface area contributed by atoms with Crippen molar-refractivity contribution in [2.24, 2.45) is 0 Å². The van der Waals surface area contributed by atoms with E-state index in [1.54, 1.807) is 17.0 Å². The molecule has 3 heteroatoms. The van der Waals surface area contributed by atoms with E-state index < -0.39 is 5.97 Å². The molecule has 0 aliphatic heterocycles. The highest BCUT2D eigenvalue weighted by atomic mass is 16.4. The minimum Gasteiger partial charge on any atom is -0.478 e. The summed E-state index contributed by atoms with van der Waals surface area (Å²) in [5, 5.41) is 8.21. The quantitative estimate of drug-likeness (QED) is 0.619. The monoisotopic (exact) mass is 137 g/mol. The van der Waals surface area contributed by atoms with Crippen molar-refractivity contribution in [3.8, 4) is 0 Å². The Morgan fingerprint density at radius 3 is 2.50 bits per heavy atom. The Balaban J connectivity index is 2.64. The number of hydrogen-bond acceptors (Lipinski definition) is 1. The van der Waals surface area contributed by atoms with Gasteiger partial charge >= 0.3 is 5.97 Å². The van der Waals surface area contributed by atoms with Crippen molar-refractivity contribution in [3.63, 3.8) is 0 Å². The first-order valence-corrected chi connectivity index (χ1v) is 2.82. The maximum Gasteiger partial charge on any atom is 0.329 e. The van der Waals surface area contributed by atoms with Crippen LogP contribution in [0, 0.1) is 0 Å². The van der Waals surface area contributed by atoms with Crippen molar-refractivity contribution >= 4 is 12.2 Å². The van der Waals surface area contributed by atoms with Crippen LogP contribution in [-0.2, 0) is 4.79 Å². The molecule has 1 heterocycles. The van der Waals surface area contributed by atoms with Crippen molar-refractivity contribution in [2.45, 2.75) is 0 Å². The molecule has 0 aromatic carbocycles. The van der Waals surface area contributed by atoms with Crippen LogP contribution in [0.25, 0.3) is 6.20 Å². The Morgan fingerprint density at radius 1 is 1.40 bits per heavy atom. The van der Waals surface area contributed by atoms with Gasteiger partial charge in [0, 0.05) is 24.7 Å². The van der Waals surface area contributed by atoms with E-state index in [-0.39, 0.29) is 0 Å². The minimum atomic E-state index is -0.936. The predicted molar refractivity (Wildman–Crippen MR) is 37.4 cm³/mol. The fraction of sp³-hybridized carbons (Fsp3) is 0. The summed E-state index contributed by atoms with van der Waals surface area (Å²) in [7, 11) is 0. The molecule has 1 aromatic heterocycles. The van der Waals surface area contributed by atoms with Crippen LogP contribution in [0.1, 0.15) is 0 Å². The molecule has 0 radical (unpaired) electrons. The number of aliphatic carboxylic acids is 1.